The van der Waals surface area contributed by atoms with Crippen LogP contribution in [-0.2, 0) is 0 Å². The maximum Gasteiger partial charge on any atom is 0.287 e. The molecule has 2 unspecified atom stereocenters. The zero-order chi connectivity index (χ0) is 11.5. The smallest absolute Gasteiger partial charge is 0.287 e. The number of furan rings is 1. The minimum atomic E-state index is -0.213. The molecule has 4 nitrogen and oxygen atoms in total. The first kappa shape index (κ1) is 10.7. The molecule has 4 heteroatoms. The number of carbonyl (C=O) groups is 1. The molecule has 1 aliphatic carbocycles. The Balaban J connectivity index is 2.03. The maximum absolute atomic E-state index is 11.8. The van der Waals surface area contributed by atoms with Gasteiger partial charge in [0.15, 0.2) is 5.76 Å². The molecule has 1 aliphatic rings. The molecule has 0 saturated heterocycles. The number of nitrogens with one attached hydrogen (secondary N) is 1. The van der Waals surface area contributed by atoms with E-state index in [0.29, 0.717) is 5.76 Å². The second-order valence-corrected chi connectivity index (χ2v) is 4.18. The minimum Gasteiger partial charge on any atom is -0.459 e. The quantitative estimate of drug-likeness (QED) is 0.825. The van der Waals surface area contributed by atoms with Crippen LogP contribution in [0, 0.1) is 24.2 Å². The third-order valence-corrected chi connectivity index (χ3v) is 3.07. The van der Waals surface area contributed by atoms with Crippen LogP contribution in [0.25, 0.3) is 0 Å². The number of hydrogen-bond acceptors (Lipinski definition) is 3. The van der Waals surface area contributed by atoms with Crippen molar-refractivity contribution in [2.24, 2.45) is 5.92 Å². The molecule has 0 aliphatic heterocycles. The van der Waals surface area contributed by atoms with Crippen LogP contribution in [0.5, 0.6) is 0 Å². The van der Waals surface area contributed by atoms with Crippen LogP contribution in [0.15, 0.2) is 16.7 Å². The summed E-state index contributed by atoms with van der Waals surface area (Å²) in [4.78, 5) is 11.8. The average Bonchev–Trinajstić information content (AvgIpc) is 2.86. The second-order valence-electron chi connectivity index (χ2n) is 4.18. The highest BCUT2D eigenvalue weighted by molar-refractivity contribution is 5.93. The number of nitriles is 1. The van der Waals surface area contributed by atoms with Crippen LogP contribution >= 0.6 is 0 Å². The van der Waals surface area contributed by atoms with Crippen molar-refractivity contribution in [3.63, 3.8) is 0 Å². The molecule has 2 rings (SSSR count). The summed E-state index contributed by atoms with van der Waals surface area (Å²) in [6.45, 7) is 1.83. The Bertz CT molecular complexity index is 430. The topological polar surface area (TPSA) is 66.0 Å². The Morgan fingerprint density at radius 3 is 3.06 bits per heavy atom. The summed E-state index contributed by atoms with van der Waals surface area (Å²) in [5.41, 5.74) is 0.823. The summed E-state index contributed by atoms with van der Waals surface area (Å²) in [5, 5.41) is 11.8. The van der Waals surface area contributed by atoms with E-state index in [2.05, 4.69) is 11.4 Å². The summed E-state index contributed by atoms with van der Waals surface area (Å²) in [5.74, 6) is 0.0810. The Labute approximate surface area is 94.2 Å². The molecule has 0 aromatic carbocycles. The number of aryl methyl sites for hydroxylation is 1. The van der Waals surface area contributed by atoms with Crippen LogP contribution in [0.2, 0.25) is 0 Å². The van der Waals surface area contributed by atoms with E-state index >= 15 is 0 Å². The summed E-state index contributed by atoms with van der Waals surface area (Å²) >= 11 is 0. The number of nitrogens with zero attached hydrogens (tertiary/aromatic N) is 1. The normalized spacial score (nSPS) is 24.0. The lowest BCUT2D eigenvalue weighted by atomic mass is 10.1. The molecule has 84 valence electrons. The third kappa shape index (κ3) is 1.94. The van der Waals surface area contributed by atoms with Gasteiger partial charge in [-0.25, -0.2) is 0 Å². The zero-order valence-electron chi connectivity index (χ0n) is 9.19. The van der Waals surface area contributed by atoms with Gasteiger partial charge in [-0.3, -0.25) is 4.79 Å². The van der Waals surface area contributed by atoms with Gasteiger partial charge in [0, 0.05) is 11.6 Å². The average molecular weight is 218 g/mol. The summed E-state index contributed by atoms with van der Waals surface area (Å²) in [6.07, 6.45) is 4.25. The Morgan fingerprint density at radius 2 is 2.44 bits per heavy atom. The fourth-order valence-corrected chi connectivity index (χ4v) is 2.13. The highest BCUT2D eigenvalue weighted by Gasteiger charge is 2.29. The van der Waals surface area contributed by atoms with Gasteiger partial charge < -0.3 is 9.73 Å². The first-order chi connectivity index (χ1) is 7.72. The largest absolute Gasteiger partial charge is 0.459 e. The van der Waals surface area contributed by atoms with Crippen LogP contribution in [0.4, 0.5) is 0 Å². The number of amides is 1. The van der Waals surface area contributed by atoms with E-state index in [4.69, 9.17) is 9.68 Å². The van der Waals surface area contributed by atoms with Crippen LogP contribution in [-0.4, -0.2) is 11.9 Å². The fraction of sp³-hybridized carbons (Fsp3) is 0.500. The lowest BCUT2D eigenvalue weighted by Crippen LogP contribution is -2.36. The van der Waals surface area contributed by atoms with Crippen LogP contribution in [0.3, 0.4) is 0 Å². The molecule has 1 amide bonds. The Kier molecular flexibility index (Phi) is 2.95. The standard InChI is InChI=1S/C12H14N2O2/c1-8-5-6-16-11(8)12(15)14-10-4-2-3-9(10)7-13/h5-6,9-10H,2-4H2,1H3,(H,14,15). The summed E-state index contributed by atoms with van der Waals surface area (Å²) < 4.78 is 5.11. The first-order valence-electron chi connectivity index (χ1n) is 5.47. The van der Waals surface area contributed by atoms with E-state index in [1.165, 1.54) is 6.26 Å². The highest BCUT2D eigenvalue weighted by atomic mass is 16.3. The van der Waals surface area contributed by atoms with Crippen molar-refractivity contribution in [2.45, 2.75) is 32.2 Å². The fourth-order valence-electron chi connectivity index (χ4n) is 2.13. The van der Waals surface area contributed by atoms with Gasteiger partial charge in [-0.1, -0.05) is 0 Å². The van der Waals surface area contributed by atoms with Crippen molar-refractivity contribution in [1.82, 2.24) is 5.32 Å². The van der Waals surface area contributed by atoms with E-state index in [-0.39, 0.29) is 17.9 Å². The molecule has 0 spiro atoms. The molecule has 16 heavy (non-hydrogen) atoms. The molecule has 0 bridgehead atoms. The molecule has 0 radical (unpaired) electrons. The molecular formula is C12H14N2O2. The number of hydrogen-bond donors (Lipinski definition) is 1. The van der Waals surface area contributed by atoms with E-state index < -0.39 is 0 Å². The monoisotopic (exact) mass is 218 g/mol. The van der Waals surface area contributed by atoms with E-state index in [1.807, 2.05) is 6.92 Å². The van der Waals surface area contributed by atoms with Crippen molar-refractivity contribution in [3.05, 3.63) is 23.7 Å². The maximum atomic E-state index is 11.8. The lowest BCUT2D eigenvalue weighted by molar-refractivity contribution is 0.0904. The van der Waals surface area contributed by atoms with Gasteiger partial charge in [-0.15, -0.1) is 0 Å². The Morgan fingerprint density at radius 1 is 1.62 bits per heavy atom. The zero-order valence-corrected chi connectivity index (χ0v) is 9.19. The predicted octanol–water partition coefficient (Wildman–Crippen LogP) is 2.01. The molecule has 1 saturated carbocycles. The minimum absolute atomic E-state index is 0.0259. The SMILES string of the molecule is Cc1ccoc1C(=O)NC1CCCC1C#N. The molecule has 1 aromatic rings. The van der Waals surface area contributed by atoms with Crippen LogP contribution < -0.4 is 5.32 Å². The van der Waals surface area contributed by atoms with Gasteiger partial charge in [0.1, 0.15) is 0 Å². The van der Waals surface area contributed by atoms with E-state index in [0.717, 1.165) is 24.8 Å². The summed E-state index contributed by atoms with van der Waals surface area (Å²) in [7, 11) is 0. The summed E-state index contributed by atoms with van der Waals surface area (Å²) in [6, 6.07) is 3.96. The van der Waals surface area contributed by atoms with Crippen molar-refractivity contribution in [2.75, 3.05) is 0 Å². The highest BCUT2D eigenvalue weighted by Crippen LogP contribution is 2.25. The second kappa shape index (κ2) is 4.40. The van der Waals surface area contributed by atoms with Crippen molar-refractivity contribution in [1.29, 1.82) is 5.26 Å². The lowest BCUT2D eigenvalue weighted by Gasteiger charge is -2.14. The van der Waals surface area contributed by atoms with Gasteiger partial charge in [-0.2, -0.15) is 5.26 Å². The number of rotatable bonds is 2. The van der Waals surface area contributed by atoms with E-state index in [1.54, 1.807) is 6.07 Å². The molecule has 1 fully saturated rings. The first-order valence-corrected chi connectivity index (χ1v) is 5.47. The molecule has 2 atom stereocenters. The predicted molar refractivity (Wildman–Crippen MR) is 57.7 cm³/mol. The van der Waals surface area contributed by atoms with Crippen molar-refractivity contribution in [3.8, 4) is 6.07 Å². The van der Waals surface area contributed by atoms with Crippen molar-refractivity contribution >= 4 is 5.91 Å². The van der Waals surface area contributed by atoms with Gasteiger partial charge in [0.2, 0.25) is 0 Å². The molecule has 1 aromatic heterocycles. The van der Waals surface area contributed by atoms with Gasteiger partial charge >= 0.3 is 0 Å². The molecular weight excluding hydrogens is 204 g/mol. The van der Waals surface area contributed by atoms with Gasteiger partial charge in [-0.05, 0) is 32.3 Å². The Hall–Kier alpha value is -1.76. The van der Waals surface area contributed by atoms with Crippen LogP contribution in [0.1, 0.15) is 35.4 Å². The van der Waals surface area contributed by atoms with Gasteiger partial charge in [0.05, 0.1) is 18.3 Å². The third-order valence-electron chi connectivity index (χ3n) is 3.07. The van der Waals surface area contributed by atoms with E-state index in [9.17, 15) is 4.79 Å². The molecule has 1 N–H and O–H groups in total. The van der Waals surface area contributed by atoms with Crippen molar-refractivity contribution < 1.29 is 9.21 Å². The number of carbonyl (C=O) groups excluding carboxylic acids is 1. The molecule has 1 heterocycles. The van der Waals surface area contributed by atoms with Gasteiger partial charge in [0.25, 0.3) is 5.91 Å².